The normalized spacial score (nSPS) is 10.4. The molecule has 2 rings (SSSR count). The summed E-state index contributed by atoms with van der Waals surface area (Å²) in [4.78, 5) is 27.7. The molecule has 2 aromatic rings. The zero-order valence-corrected chi connectivity index (χ0v) is 13.0. The molecule has 0 aromatic carbocycles. The standard InChI is InChI=1S/C14H17N3O3S/c1-8-4-5-11(20-8)14-17-9(2)12(21-14)13(19)16-7-6-15-10(3)18/h4-5H,6-7H2,1-3H3,(H,15,18)(H,16,19). The number of hydrogen-bond acceptors (Lipinski definition) is 5. The number of nitrogens with one attached hydrogen (secondary N) is 2. The van der Waals surface area contributed by atoms with Crippen LogP contribution in [0.4, 0.5) is 0 Å². The van der Waals surface area contributed by atoms with Gasteiger partial charge >= 0.3 is 0 Å². The molecule has 7 heteroatoms. The summed E-state index contributed by atoms with van der Waals surface area (Å²) in [5.74, 6) is 1.16. The second kappa shape index (κ2) is 6.53. The van der Waals surface area contributed by atoms with Crippen LogP contribution in [0.25, 0.3) is 10.8 Å². The minimum Gasteiger partial charge on any atom is -0.459 e. The third-order valence-electron chi connectivity index (χ3n) is 2.74. The number of aromatic nitrogens is 1. The van der Waals surface area contributed by atoms with Crippen molar-refractivity contribution >= 4 is 23.2 Å². The summed E-state index contributed by atoms with van der Waals surface area (Å²) in [7, 11) is 0. The Balaban J connectivity index is 2.01. The predicted molar refractivity (Wildman–Crippen MR) is 80.3 cm³/mol. The maximum Gasteiger partial charge on any atom is 0.263 e. The number of carbonyl (C=O) groups excluding carboxylic acids is 2. The monoisotopic (exact) mass is 307 g/mol. The molecule has 0 radical (unpaired) electrons. The molecule has 2 aromatic heterocycles. The number of aryl methyl sites for hydroxylation is 2. The van der Waals surface area contributed by atoms with Crippen LogP contribution in [0.2, 0.25) is 0 Å². The third-order valence-corrected chi connectivity index (χ3v) is 3.91. The topological polar surface area (TPSA) is 84.2 Å². The van der Waals surface area contributed by atoms with Crippen LogP contribution in [-0.2, 0) is 4.79 Å². The molecular formula is C14H17N3O3S. The van der Waals surface area contributed by atoms with E-state index in [4.69, 9.17) is 4.42 Å². The molecule has 0 bridgehead atoms. The van der Waals surface area contributed by atoms with Gasteiger partial charge in [-0.1, -0.05) is 0 Å². The highest BCUT2D eigenvalue weighted by Gasteiger charge is 2.17. The molecule has 0 saturated carbocycles. The molecule has 0 spiro atoms. The summed E-state index contributed by atoms with van der Waals surface area (Å²) in [6.45, 7) is 5.87. The lowest BCUT2D eigenvalue weighted by Crippen LogP contribution is -2.33. The smallest absolute Gasteiger partial charge is 0.263 e. The van der Waals surface area contributed by atoms with Gasteiger partial charge in [-0.25, -0.2) is 4.98 Å². The van der Waals surface area contributed by atoms with E-state index >= 15 is 0 Å². The van der Waals surface area contributed by atoms with E-state index in [1.165, 1.54) is 18.3 Å². The highest BCUT2D eigenvalue weighted by Crippen LogP contribution is 2.29. The Labute approximate surface area is 126 Å². The first-order valence-corrected chi connectivity index (χ1v) is 7.36. The molecule has 0 aliphatic rings. The van der Waals surface area contributed by atoms with Gasteiger partial charge in [-0.3, -0.25) is 9.59 Å². The first-order chi connectivity index (χ1) is 9.97. The van der Waals surface area contributed by atoms with E-state index in [-0.39, 0.29) is 11.8 Å². The fourth-order valence-corrected chi connectivity index (χ4v) is 2.70. The SMILES string of the molecule is CC(=O)NCCNC(=O)c1sc(-c2ccc(C)o2)nc1C. The molecule has 112 valence electrons. The van der Waals surface area contributed by atoms with Crippen LogP contribution < -0.4 is 10.6 Å². The first-order valence-electron chi connectivity index (χ1n) is 6.54. The maximum absolute atomic E-state index is 12.1. The van der Waals surface area contributed by atoms with E-state index in [0.717, 1.165) is 5.76 Å². The van der Waals surface area contributed by atoms with Crippen LogP contribution in [-0.4, -0.2) is 29.9 Å². The summed E-state index contributed by atoms with van der Waals surface area (Å²) < 4.78 is 5.51. The highest BCUT2D eigenvalue weighted by atomic mass is 32.1. The molecule has 0 fully saturated rings. The maximum atomic E-state index is 12.1. The minimum absolute atomic E-state index is 0.117. The lowest BCUT2D eigenvalue weighted by Gasteiger charge is -2.04. The van der Waals surface area contributed by atoms with Gasteiger partial charge in [0.1, 0.15) is 10.6 Å². The van der Waals surface area contributed by atoms with Gasteiger partial charge in [0.05, 0.1) is 5.69 Å². The number of carbonyl (C=O) groups is 2. The van der Waals surface area contributed by atoms with Crippen molar-refractivity contribution in [1.82, 2.24) is 15.6 Å². The molecule has 6 nitrogen and oxygen atoms in total. The molecule has 0 unspecified atom stereocenters. The number of nitrogens with zero attached hydrogens (tertiary/aromatic N) is 1. The molecule has 2 heterocycles. The summed E-state index contributed by atoms with van der Waals surface area (Å²) >= 11 is 1.29. The van der Waals surface area contributed by atoms with Gasteiger partial charge in [-0.2, -0.15) is 0 Å². The molecule has 2 N–H and O–H groups in total. The van der Waals surface area contributed by atoms with Gasteiger partial charge in [0.2, 0.25) is 5.91 Å². The van der Waals surface area contributed by atoms with Gasteiger partial charge in [-0.05, 0) is 26.0 Å². The molecule has 0 aliphatic heterocycles. The van der Waals surface area contributed by atoms with E-state index in [1.807, 2.05) is 19.1 Å². The van der Waals surface area contributed by atoms with Crippen molar-refractivity contribution in [1.29, 1.82) is 0 Å². The fourth-order valence-electron chi connectivity index (χ4n) is 1.76. The van der Waals surface area contributed by atoms with Crippen LogP contribution in [0.15, 0.2) is 16.5 Å². The van der Waals surface area contributed by atoms with Crippen LogP contribution in [0, 0.1) is 13.8 Å². The highest BCUT2D eigenvalue weighted by molar-refractivity contribution is 7.17. The Hall–Kier alpha value is -2.15. The second-order valence-corrected chi connectivity index (χ2v) is 5.58. The molecular weight excluding hydrogens is 290 g/mol. The molecule has 2 amide bonds. The van der Waals surface area contributed by atoms with Crippen molar-refractivity contribution in [3.05, 3.63) is 28.5 Å². The van der Waals surface area contributed by atoms with E-state index in [1.54, 1.807) is 6.92 Å². The minimum atomic E-state index is -0.190. The van der Waals surface area contributed by atoms with Gasteiger partial charge in [0.15, 0.2) is 10.8 Å². The number of rotatable bonds is 5. The largest absolute Gasteiger partial charge is 0.459 e. The average molecular weight is 307 g/mol. The molecule has 0 saturated heterocycles. The van der Waals surface area contributed by atoms with Crippen molar-refractivity contribution in [3.8, 4) is 10.8 Å². The van der Waals surface area contributed by atoms with E-state index in [0.29, 0.717) is 34.4 Å². The van der Waals surface area contributed by atoms with Crippen LogP contribution in [0.5, 0.6) is 0 Å². The number of furan rings is 1. The summed E-state index contributed by atoms with van der Waals surface area (Å²) in [6.07, 6.45) is 0. The second-order valence-electron chi connectivity index (χ2n) is 4.58. The Morgan fingerprint density at radius 2 is 1.95 bits per heavy atom. The van der Waals surface area contributed by atoms with Gasteiger partial charge in [0, 0.05) is 20.0 Å². The Morgan fingerprint density at radius 3 is 2.57 bits per heavy atom. The van der Waals surface area contributed by atoms with Crippen molar-refractivity contribution in [2.75, 3.05) is 13.1 Å². The van der Waals surface area contributed by atoms with Crippen molar-refractivity contribution < 1.29 is 14.0 Å². The van der Waals surface area contributed by atoms with Crippen molar-refractivity contribution in [2.45, 2.75) is 20.8 Å². The average Bonchev–Trinajstić information content (AvgIpc) is 3.00. The summed E-state index contributed by atoms with van der Waals surface area (Å²) in [6, 6.07) is 3.70. The zero-order valence-electron chi connectivity index (χ0n) is 12.1. The zero-order chi connectivity index (χ0) is 15.4. The fraction of sp³-hybridized carbons (Fsp3) is 0.357. The summed E-state index contributed by atoms with van der Waals surface area (Å²) in [5.41, 5.74) is 0.668. The molecule has 21 heavy (non-hydrogen) atoms. The molecule has 0 aliphatic carbocycles. The van der Waals surface area contributed by atoms with Crippen LogP contribution in [0.3, 0.4) is 0 Å². The third kappa shape index (κ3) is 3.91. The Bertz CT molecular complexity index is 660. The van der Waals surface area contributed by atoms with Crippen molar-refractivity contribution in [2.24, 2.45) is 0 Å². The predicted octanol–water partition coefficient (Wildman–Crippen LogP) is 1.89. The van der Waals surface area contributed by atoms with Gasteiger partial charge in [0.25, 0.3) is 5.91 Å². The number of hydrogen-bond donors (Lipinski definition) is 2. The van der Waals surface area contributed by atoms with Gasteiger partial charge in [-0.15, -0.1) is 11.3 Å². The lowest BCUT2D eigenvalue weighted by molar-refractivity contribution is -0.118. The van der Waals surface area contributed by atoms with E-state index < -0.39 is 0 Å². The van der Waals surface area contributed by atoms with Crippen LogP contribution >= 0.6 is 11.3 Å². The van der Waals surface area contributed by atoms with Crippen molar-refractivity contribution in [3.63, 3.8) is 0 Å². The van der Waals surface area contributed by atoms with E-state index in [2.05, 4.69) is 15.6 Å². The lowest BCUT2D eigenvalue weighted by atomic mass is 10.3. The summed E-state index contributed by atoms with van der Waals surface area (Å²) in [5, 5.41) is 6.06. The quantitative estimate of drug-likeness (QED) is 0.826. The van der Waals surface area contributed by atoms with Crippen LogP contribution in [0.1, 0.15) is 28.0 Å². The van der Waals surface area contributed by atoms with E-state index in [9.17, 15) is 9.59 Å². The molecule has 0 atom stereocenters. The number of amides is 2. The number of thiazole rings is 1. The Morgan fingerprint density at radius 1 is 1.24 bits per heavy atom. The van der Waals surface area contributed by atoms with Gasteiger partial charge < -0.3 is 15.1 Å². The first kappa shape index (κ1) is 15.2. The Kier molecular flexibility index (Phi) is 4.74.